The average molecular weight is 217 g/mol. The molecule has 0 radical (unpaired) electrons. The Morgan fingerprint density at radius 3 is 1.64 bits per heavy atom. The van der Waals surface area contributed by atoms with Gasteiger partial charge in [0, 0.05) is 0 Å². The van der Waals surface area contributed by atoms with Crippen LogP contribution in [0.2, 0.25) is 0 Å². The van der Waals surface area contributed by atoms with E-state index in [0.29, 0.717) is 0 Å². The average Bonchev–Trinajstić information content (AvgIpc) is 2.10. The molecule has 0 atom stereocenters. The molecule has 0 aliphatic carbocycles. The van der Waals surface area contributed by atoms with Gasteiger partial charge in [0.15, 0.2) is 0 Å². The monoisotopic (exact) mass is 217 g/mol. The molecule has 0 saturated heterocycles. The fourth-order valence-corrected chi connectivity index (χ4v) is 1.38. The van der Waals surface area contributed by atoms with Gasteiger partial charge in [0.2, 0.25) is 0 Å². The first-order chi connectivity index (χ1) is 5.91. The molecule has 0 heterocycles. The molecule has 0 unspecified atom stereocenters. The van der Waals surface area contributed by atoms with Crippen LogP contribution in [0.1, 0.15) is 64.7 Å². The van der Waals surface area contributed by atoms with Crippen molar-refractivity contribution in [3.63, 3.8) is 0 Å². The van der Waals surface area contributed by atoms with Gasteiger partial charge in [-0.25, -0.2) is 0 Å². The first-order valence-electron chi connectivity index (χ1n) is 5.40. The molecule has 0 bridgehead atoms. The van der Waals surface area contributed by atoms with Crippen LogP contribution in [0.25, 0.3) is 0 Å². The van der Waals surface area contributed by atoms with E-state index in [1.54, 1.807) is 0 Å². The van der Waals surface area contributed by atoms with Gasteiger partial charge in [0.25, 0.3) is 0 Å². The summed E-state index contributed by atoms with van der Waals surface area (Å²) in [6.45, 7) is 2.25. The molecule has 1 nitrogen and oxygen atoms in total. The van der Waals surface area contributed by atoms with E-state index in [1.165, 1.54) is 57.6 Å². The van der Waals surface area contributed by atoms with Crippen LogP contribution in [0, 0.1) is 5.41 Å². The van der Waals surface area contributed by atoms with Crippen molar-refractivity contribution >= 4 is 65.3 Å². The third-order valence-corrected chi connectivity index (χ3v) is 2.20. The minimum absolute atomic E-state index is 0. The van der Waals surface area contributed by atoms with E-state index in [-0.39, 0.29) is 59.1 Å². The third-order valence-electron chi connectivity index (χ3n) is 2.20. The van der Waals surface area contributed by atoms with Crippen molar-refractivity contribution in [2.75, 3.05) is 0 Å². The number of nitrogens with one attached hydrogen (secondary N) is 1. The molecule has 0 aliphatic heterocycles. The standard InChI is InChI=1S/C11H23N.2Na.2H/c1-2-3-4-5-6-7-8-9-10-11-12;;;;/h11-12H,2-10H2,1H3;;;;. The molecule has 1 N–H and O–H groups in total. The van der Waals surface area contributed by atoms with Gasteiger partial charge in [0.05, 0.1) is 0 Å². The Morgan fingerprint density at radius 2 is 1.21 bits per heavy atom. The van der Waals surface area contributed by atoms with Crippen molar-refractivity contribution in [2.24, 2.45) is 0 Å². The Labute approximate surface area is 134 Å². The first-order valence-corrected chi connectivity index (χ1v) is 5.40. The second-order valence-corrected chi connectivity index (χ2v) is 3.47. The second-order valence-electron chi connectivity index (χ2n) is 3.47. The molecule has 0 fully saturated rings. The molecule has 14 heavy (non-hydrogen) atoms. The van der Waals surface area contributed by atoms with Crippen LogP contribution in [0.5, 0.6) is 0 Å². The van der Waals surface area contributed by atoms with Gasteiger partial charge in [-0.3, -0.25) is 0 Å². The molecule has 0 aromatic heterocycles. The Kier molecular flexibility index (Phi) is 30.2. The fraction of sp³-hybridized carbons (Fsp3) is 0.909. The molecule has 3 heteroatoms. The Morgan fingerprint density at radius 1 is 0.786 bits per heavy atom. The first kappa shape index (κ1) is 21.0. The molecule has 0 spiro atoms. The van der Waals surface area contributed by atoms with Crippen LogP contribution in [0.15, 0.2) is 0 Å². The van der Waals surface area contributed by atoms with Crippen molar-refractivity contribution in [3.05, 3.63) is 0 Å². The quantitative estimate of drug-likeness (QED) is 0.349. The van der Waals surface area contributed by atoms with Gasteiger partial charge in [-0.2, -0.15) is 0 Å². The predicted octanol–water partition coefficient (Wildman–Crippen LogP) is 2.87. The SMILES string of the molecule is CCCCCCCCCCC=N.[NaH].[NaH]. The molecule has 0 aliphatic rings. The van der Waals surface area contributed by atoms with Gasteiger partial charge >= 0.3 is 59.1 Å². The van der Waals surface area contributed by atoms with Crippen molar-refractivity contribution in [2.45, 2.75) is 64.7 Å². The van der Waals surface area contributed by atoms with Crippen LogP contribution in [0.4, 0.5) is 0 Å². The molecule has 0 aromatic rings. The van der Waals surface area contributed by atoms with Crippen LogP contribution in [0.3, 0.4) is 0 Å². The normalized spacial score (nSPS) is 8.64. The fourth-order valence-electron chi connectivity index (χ4n) is 1.38. The summed E-state index contributed by atoms with van der Waals surface area (Å²) in [5.74, 6) is 0. The predicted molar refractivity (Wildman–Crippen MR) is 70.3 cm³/mol. The Balaban J connectivity index is -0.000000605. The van der Waals surface area contributed by atoms with Crippen LogP contribution < -0.4 is 0 Å². The zero-order valence-electron chi connectivity index (χ0n) is 8.44. The number of rotatable bonds is 9. The molecular formula is C11H25NNa2. The maximum atomic E-state index is 6.85. The molecule has 0 amide bonds. The van der Waals surface area contributed by atoms with Crippen molar-refractivity contribution < 1.29 is 0 Å². The number of hydrogen-bond acceptors (Lipinski definition) is 1. The van der Waals surface area contributed by atoms with E-state index < -0.39 is 0 Å². The summed E-state index contributed by atoms with van der Waals surface area (Å²) in [5.41, 5.74) is 0. The van der Waals surface area contributed by atoms with Crippen molar-refractivity contribution in [1.29, 1.82) is 5.41 Å². The summed E-state index contributed by atoms with van der Waals surface area (Å²) < 4.78 is 0. The zero-order chi connectivity index (χ0) is 9.07. The van der Waals surface area contributed by atoms with Gasteiger partial charge in [-0.15, -0.1) is 0 Å². The topological polar surface area (TPSA) is 23.9 Å². The molecule has 76 valence electrons. The Hall–Kier alpha value is 1.67. The zero-order valence-corrected chi connectivity index (χ0v) is 8.44. The van der Waals surface area contributed by atoms with E-state index in [1.807, 2.05) is 0 Å². The molecule has 0 aromatic carbocycles. The molecular weight excluding hydrogens is 192 g/mol. The Bertz CT molecular complexity index is 97.3. The number of hydrogen-bond donors (Lipinski definition) is 1. The summed E-state index contributed by atoms with van der Waals surface area (Å²) in [6, 6.07) is 0. The van der Waals surface area contributed by atoms with Crippen LogP contribution in [-0.4, -0.2) is 65.3 Å². The molecule has 0 saturated carbocycles. The maximum absolute atomic E-state index is 6.85. The van der Waals surface area contributed by atoms with E-state index in [2.05, 4.69) is 6.92 Å². The van der Waals surface area contributed by atoms with Gasteiger partial charge in [-0.05, 0) is 19.1 Å². The van der Waals surface area contributed by atoms with E-state index in [0.717, 1.165) is 6.42 Å². The third kappa shape index (κ3) is 19.3. The van der Waals surface area contributed by atoms with Crippen molar-refractivity contribution in [3.8, 4) is 0 Å². The minimum atomic E-state index is 0. The van der Waals surface area contributed by atoms with Crippen LogP contribution >= 0.6 is 0 Å². The van der Waals surface area contributed by atoms with E-state index in [4.69, 9.17) is 5.41 Å². The van der Waals surface area contributed by atoms with Gasteiger partial charge in [-0.1, -0.05) is 51.9 Å². The summed E-state index contributed by atoms with van der Waals surface area (Å²) in [6.07, 6.45) is 13.4. The van der Waals surface area contributed by atoms with Gasteiger partial charge in [0.1, 0.15) is 0 Å². The second kappa shape index (κ2) is 20.1. The van der Waals surface area contributed by atoms with Crippen molar-refractivity contribution in [1.82, 2.24) is 0 Å². The summed E-state index contributed by atoms with van der Waals surface area (Å²) in [7, 11) is 0. The summed E-state index contributed by atoms with van der Waals surface area (Å²) in [4.78, 5) is 0. The van der Waals surface area contributed by atoms with Gasteiger partial charge < -0.3 is 5.41 Å². The molecule has 0 rings (SSSR count). The summed E-state index contributed by atoms with van der Waals surface area (Å²) >= 11 is 0. The summed E-state index contributed by atoms with van der Waals surface area (Å²) in [5, 5.41) is 6.85. The van der Waals surface area contributed by atoms with E-state index in [9.17, 15) is 0 Å². The number of unbranched alkanes of at least 4 members (excludes halogenated alkanes) is 8. The van der Waals surface area contributed by atoms with Crippen LogP contribution in [-0.2, 0) is 0 Å². The van der Waals surface area contributed by atoms with E-state index >= 15 is 0 Å².